The minimum Gasteiger partial charge on any atom is -0.391 e. The Morgan fingerprint density at radius 3 is 2.56 bits per heavy atom. The molecule has 1 aliphatic carbocycles. The highest BCUT2D eigenvalue weighted by Gasteiger charge is 2.51. The van der Waals surface area contributed by atoms with Gasteiger partial charge in [-0.25, -0.2) is 0 Å². The fraction of sp³-hybridized carbons (Fsp3) is 0.571. The minimum absolute atomic E-state index is 0. The molecule has 0 aromatic heterocycles. The summed E-state index contributed by atoms with van der Waals surface area (Å²) in [6.45, 7) is 3.23. The normalized spacial score (nSPS) is 36.4. The molecule has 18 heavy (non-hydrogen) atoms. The highest BCUT2D eigenvalue weighted by atomic mass is 79.9. The van der Waals surface area contributed by atoms with Gasteiger partial charge in [-0.2, -0.15) is 0 Å². The molecule has 1 heterocycles. The smallest absolute Gasteiger partial charge is 0.0714 e. The van der Waals surface area contributed by atoms with Gasteiger partial charge in [0.2, 0.25) is 0 Å². The van der Waals surface area contributed by atoms with Crippen molar-refractivity contribution in [1.82, 2.24) is 4.90 Å². The number of aliphatic hydroxyl groups excluding tert-OH is 1. The molecular weight excluding hydrogens is 292 g/mol. The predicted octanol–water partition coefficient (Wildman–Crippen LogP) is 1.72. The van der Waals surface area contributed by atoms with Crippen molar-refractivity contribution >= 4 is 17.0 Å². The van der Waals surface area contributed by atoms with Gasteiger partial charge in [0.25, 0.3) is 0 Å². The lowest BCUT2D eigenvalue weighted by atomic mass is 10.0. The molecule has 2 bridgehead atoms. The van der Waals surface area contributed by atoms with E-state index in [1.807, 2.05) is 6.07 Å². The van der Waals surface area contributed by atoms with Crippen LogP contribution in [0.1, 0.15) is 24.9 Å². The zero-order chi connectivity index (χ0) is 12.0. The fourth-order valence-electron chi connectivity index (χ4n) is 3.51. The van der Waals surface area contributed by atoms with Crippen LogP contribution >= 0.6 is 17.0 Å². The molecule has 1 aliphatic heterocycles. The number of rotatable bonds is 2. The van der Waals surface area contributed by atoms with E-state index in [1.165, 1.54) is 5.56 Å². The Bertz CT molecular complexity index is 400. The van der Waals surface area contributed by atoms with Crippen molar-refractivity contribution in [3.63, 3.8) is 0 Å². The lowest BCUT2D eigenvalue weighted by molar-refractivity contribution is 0.0345. The van der Waals surface area contributed by atoms with Gasteiger partial charge in [0.15, 0.2) is 0 Å². The summed E-state index contributed by atoms with van der Waals surface area (Å²) in [7, 11) is 0. The van der Waals surface area contributed by atoms with Crippen LogP contribution in [0.4, 0.5) is 0 Å². The van der Waals surface area contributed by atoms with Crippen molar-refractivity contribution in [2.45, 2.75) is 37.6 Å². The lowest BCUT2D eigenvalue weighted by Crippen LogP contribution is -2.46. The standard InChI is InChI=1S/C14H20N2O.BrH/c1-9(10-5-3-2-4-6-10)16-8-11-7-12(17)14(16)13(11)15;/h2-6,9,11-14,17H,7-8,15H2,1H3;1H/t9-,11+,12-,13+,14-;/m0./s1. The molecular formula is C14H21BrN2O. The van der Waals surface area contributed by atoms with E-state index >= 15 is 0 Å². The van der Waals surface area contributed by atoms with Gasteiger partial charge in [-0.1, -0.05) is 30.3 Å². The summed E-state index contributed by atoms with van der Waals surface area (Å²) in [6, 6.07) is 11.1. The number of halogens is 1. The summed E-state index contributed by atoms with van der Waals surface area (Å²) in [5.74, 6) is 0.473. The van der Waals surface area contributed by atoms with Crippen LogP contribution in [0.3, 0.4) is 0 Å². The number of hydrogen-bond donors (Lipinski definition) is 2. The predicted molar refractivity (Wildman–Crippen MR) is 77.8 cm³/mol. The van der Waals surface area contributed by atoms with E-state index < -0.39 is 0 Å². The molecule has 1 aromatic carbocycles. The van der Waals surface area contributed by atoms with Crippen LogP contribution in [0.5, 0.6) is 0 Å². The third kappa shape index (κ3) is 2.11. The average Bonchev–Trinajstić information content (AvgIpc) is 2.81. The third-order valence-electron chi connectivity index (χ3n) is 4.48. The summed E-state index contributed by atoms with van der Waals surface area (Å²) < 4.78 is 0. The zero-order valence-electron chi connectivity index (χ0n) is 10.6. The topological polar surface area (TPSA) is 49.5 Å². The number of nitrogens with zero attached hydrogens (tertiary/aromatic N) is 1. The van der Waals surface area contributed by atoms with Crippen molar-refractivity contribution in [3.05, 3.63) is 35.9 Å². The van der Waals surface area contributed by atoms with E-state index in [2.05, 4.69) is 36.1 Å². The molecule has 2 aliphatic rings. The Morgan fingerprint density at radius 1 is 1.33 bits per heavy atom. The van der Waals surface area contributed by atoms with Gasteiger partial charge < -0.3 is 10.8 Å². The Balaban J connectivity index is 0.00000120. The van der Waals surface area contributed by atoms with Gasteiger partial charge in [-0.3, -0.25) is 4.90 Å². The lowest BCUT2D eigenvalue weighted by Gasteiger charge is -2.35. The molecule has 5 atom stereocenters. The molecule has 0 radical (unpaired) electrons. The van der Waals surface area contributed by atoms with E-state index in [4.69, 9.17) is 5.73 Å². The molecule has 1 saturated heterocycles. The molecule has 0 amide bonds. The number of benzene rings is 1. The Kier molecular flexibility index (Phi) is 4.11. The number of piperidine rings is 1. The zero-order valence-corrected chi connectivity index (χ0v) is 12.3. The maximum absolute atomic E-state index is 10.0. The first-order valence-electron chi connectivity index (χ1n) is 6.43. The Hall–Kier alpha value is -0.420. The first kappa shape index (κ1) is 14.0. The molecule has 3 nitrogen and oxygen atoms in total. The number of aliphatic hydroxyl groups is 1. The molecule has 1 saturated carbocycles. The molecule has 100 valence electrons. The van der Waals surface area contributed by atoms with Crippen LogP contribution in [-0.4, -0.2) is 34.7 Å². The largest absolute Gasteiger partial charge is 0.391 e. The molecule has 0 unspecified atom stereocenters. The van der Waals surface area contributed by atoms with Gasteiger partial charge in [0.1, 0.15) is 0 Å². The van der Waals surface area contributed by atoms with Crippen LogP contribution in [0.25, 0.3) is 0 Å². The first-order chi connectivity index (χ1) is 8.18. The van der Waals surface area contributed by atoms with E-state index in [9.17, 15) is 5.11 Å². The second-order valence-corrected chi connectivity index (χ2v) is 5.41. The summed E-state index contributed by atoms with van der Waals surface area (Å²) in [5.41, 5.74) is 7.48. The summed E-state index contributed by atoms with van der Waals surface area (Å²) in [4.78, 5) is 2.37. The van der Waals surface area contributed by atoms with Gasteiger partial charge in [-0.05, 0) is 24.8 Å². The van der Waals surface area contributed by atoms with E-state index in [0.29, 0.717) is 12.0 Å². The monoisotopic (exact) mass is 312 g/mol. The minimum atomic E-state index is -0.241. The van der Waals surface area contributed by atoms with Gasteiger partial charge in [0.05, 0.1) is 12.1 Å². The van der Waals surface area contributed by atoms with Crippen molar-refractivity contribution < 1.29 is 5.11 Å². The molecule has 4 heteroatoms. The van der Waals surface area contributed by atoms with Crippen LogP contribution in [0.2, 0.25) is 0 Å². The van der Waals surface area contributed by atoms with Gasteiger partial charge >= 0.3 is 0 Å². The average molecular weight is 313 g/mol. The molecule has 2 fully saturated rings. The summed E-state index contributed by atoms with van der Waals surface area (Å²) >= 11 is 0. The summed E-state index contributed by atoms with van der Waals surface area (Å²) in [6.07, 6.45) is 0.638. The van der Waals surface area contributed by atoms with Crippen LogP contribution in [-0.2, 0) is 0 Å². The van der Waals surface area contributed by atoms with Crippen molar-refractivity contribution in [3.8, 4) is 0 Å². The van der Waals surface area contributed by atoms with Crippen molar-refractivity contribution in [2.75, 3.05) is 6.54 Å². The highest BCUT2D eigenvalue weighted by Crippen LogP contribution is 2.41. The van der Waals surface area contributed by atoms with Crippen molar-refractivity contribution in [2.24, 2.45) is 11.7 Å². The number of nitrogens with two attached hydrogens (primary N) is 1. The van der Waals surface area contributed by atoms with Crippen LogP contribution in [0.15, 0.2) is 30.3 Å². The summed E-state index contributed by atoms with van der Waals surface area (Å²) in [5, 5.41) is 10.0. The molecule has 0 spiro atoms. The SMILES string of the molecule is Br.C[C@@H](c1ccccc1)N1C[C@H]2C[C@H](O)[C@H]1[C@@H]2N. The second kappa shape index (κ2) is 5.29. The number of hydrogen-bond acceptors (Lipinski definition) is 3. The van der Waals surface area contributed by atoms with Gasteiger partial charge in [0, 0.05) is 18.6 Å². The fourth-order valence-corrected chi connectivity index (χ4v) is 3.51. The Morgan fingerprint density at radius 2 is 2.00 bits per heavy atom. The molecule has 1 aromatic rings. The second-order valence-electron chi connectivity index (χ2n) is 5.41. The van der Waals surface area contributed by atoms with Crippen LogP contribution < -0.4 is 5.73 Å². The quantitative estimate of drug-likeness (QED) is 0.874. The number of likely N-dealkylation sites (tertiary alicyclic amines) is 1. The van der Waals surface area contributed by atoms with Gasteiger partial charge in [-0.15, -0.1) is 17.0 Å². The van der Waals surface area contributed by atoms with Crippen LogP contribution in [0, 0.1) is 5.92 Å². The van der Waals surface area contributed by atoms with E-state index in [0.717, 1.165) is 13.0 Å². The van der Waals surface area contributed by atoms with E-state index in [1.54, 1.807) is 0 Å². The van der Waals surface area contributed by atoms with Crippen molar-refractivity contribution in [1.29, 1.82) is 0 Å². The maximum atomic E-state index is 10.0. The Labute approximate surface area is 119 Å². The molecule has 3 N–H and O–H groups in total. The first-order valence-corrected chi connectivity index (χ1v) is 6.43. The molecule has 3 rings (SSSR count). The highest BCUT2D eigenvalue weighted by molar-refractivity contribution is 8.93. The van der Waals surface area contributed by atoms with E-state index in [-0.39, 0.29) is 35.2 Å². The third-order valence-corrected chi connectivity index (χ3v) is 4.48. The number of fused-ring (bicyclic) bond motifs is 2. The maximum Gasteiger partial charge on any atom is 0.0714 e.